The molecule has 1 N–H and O–H groups in total. The largest absolute Gasteiger partial charge is 0.467 e. The average Bonchev–Trinajstić information content (AvgIpc) is 3.11. The second kappa shape index (κ2) is 6.62. The predicted molar refractivity (Wildman–Crippen MR) is 86.7 cm³/mol. The highest BCUT2D eigenvalue weighted by atomic mass is 16.5. The molecular formula is C18H18N2O4. The zero-order valence-corrected chi connectivity index (χ0v) is 13.5. The normalized spacial score (nSPS) is 17.7. The Hall–Kier alpha value is -3.02. The van der Waals surface area contributed by atoms with E-state index in [2.05, 4.69) is 5.32 Å². The van der Waals surface area contributed by atoms with E-state index in [1.54, 1.807) is 25.3 Å². The molecule has 1 aromatic carbocycles. The van der Waals surface area contributed by atoms with Crippen LogP contribution in [-0.4, -0.2) is 24.0 Å². The summed E-state index contributed by atoms with van der Waals surface area (Å²) in [6.45, 7) is 1.98. The van der Waals surface area contributed by atoms with Crippen molar-refractivity contribution in [2.24, 2.45) is 0 Å². The molecule has 2 heterocycles. The van der Waals surface area contributed by atoms with Gasteiger partial charge >= 0.3 is 12.0 Å². The average molecular weight is 326 g/mol. The molecule has 0 saturated heterocycles. The van der Waals surface area contributed by atoms with E-state index in [1.807, 2.05) is 30.3 Å². The van der Waals surface area contributed by atoms with E-state index in [4.69, 9.17) is 9.15 Å². The summed E-state index contributed by atoms with van der Waals surface area (Å²) in [5.41, 5.74) is 1.79. The summed E-state index contributed by atoms with van der Waals surface area (Å²) < 4.78 is 10.2. The first-order valence-electron chi connectivity index (χ1n) is 7.56. The number of furan rings is 1. The minimum absolute atomic E-state index is 0.243. The second-order valence-corrected chi connectivity index (χ2v) is 5.45. The molecule has 1 aliphatic heterocycles. The lowest BCUT2D eigenvalue weighted by molar-refractivity contribution is -0.136. The van der Waals surface area contributed by atoms with Gasteiger partial charge in [-0.1, -0.05) is 30.3 Å². The Morgan fingerprint density at radius 1 is 1.25 bits per heavy atom. The van der Waals surface area contributed by atoms with Crippen LogP contribution in [0.2, 0.25) is 0 Å². The van der Waals surface area contributed by atoms with Crippen LogP contribution in [0.4, 0.5) is 4.79 Å². The Labute approximate surface area is 139 Å². The van der Waals surface area contributed by atoms with E-state index in [0.29, 0.717) is 17.0 Å². The van der Waals surface area contributed by atoms with Gasteiger partial charge in [0.2, 0.25) is 0 Å². The minimum Gasteiger partial charge on any atom is -0.467 e. The van der Waals surface area contributed by atoms with Crippen LogP contribution in [0.3, 0.4) is 0 Å². The third-order valence-corrected chi connectivity index (χ3v) is 4.03. The van der Waals surface area contributed by atoms with E-state index in [0.717, 1.165) is 5.56 Å². The summed E-state index contributed by atoms with van der Waals surface area (Å²) in [6.07, 6.45) is 1.55. The van der Waals surface area contributed by atoms with Gasteiger partial charge in [-0.05, 0) is 24.6 Å². The summed E-state index contributed by atoms with van der Waals surface area (Å²) in [5.74, 6) is 0.165. The number of rotatable bonds is 4. The Morgan fingerprint density at radius 2 is 2.00 bits per heavy atom. The number of nitrogens with zero attached hydrogens (tertiary/aromatic N) is 1. The molecule has 2 aromatic rings. The highest BCUT2D eigenvalue weighted by Crippen LogP contribution is 2.31. The Bertz CT molecular complexity index is 766. The van der Waals surface area contributed by atoms with E-state index < -0.39 is 12.0 Å². The van der Waals surface area contributed by atoms with Crippen molar-refractivity contribution in [1.82, 2.24) is 10.2 Å². The van der Waals surface area contributed by atoms with Crippen molar-refractivity contribution in [2.45, 2.75) is 19.5 Å². The predicted octanol–water partition coefficient (Wildman–Crippen LogP) is 2.99. The molecule has 124 valence electrons. The quantitative estimate of drug-likeness (QED) is 0.877. The maximum atomic E-state index is 12.6. The van der Waals surface area contributed by atoms with Crippen LogP contribution in [0.1, 0.15) is 24.3 Å². The van der Waals surface area contributed by atoms with Gasteiger partial charge in [0.1, 0.15) is 5.76 Å². The van der Waals surface area contributed by atoms with E-state index in [-0.39, 0.29) is 12.6 Å². The van der Waals surface area contributed by atoms with Crippen molar-refractivity contribution in [2.75, 3.05) is 7.11 Å². The van der Waals surface area contributed by atoms with Crippen LogP contribution in [-0.2, 0) is 16.1 Å². The number of nitrogens with one attached hydrogen (secondary N) is 1. The van der Waals surface area contributed by atoms with Gasteiger partial charge in [-0.25, -0.2) is 9.59 Å². The number of urea groups is 1. The number of carbonyl (C=O) groups is 2. The molecule has 0 spiro atoms. The van der Waals surface area contributed by atoms with Crippen LogP contribution in [0.5, 0.6) is 0 Å². The molecule has 3 rings (SSSR count). The van der Waals surface area contributed by atoms with Crippen molar-refractivity contribution in [3.8, 4) is 0 Å². The van der Waals surface area contributed by atoms with Crippen molar-refractivity contribution in [1.29, 1.82) is 0 Å². The molecule has 6 nitrogen and oxygen atoms in total. The molecule has 2 amide bonds. The number of carbonyl (C=O) groups excluding carboxylic acids is 2. The molecule has 0 fully saturated rings. The molecule has 1 aliphatic rings. The monoisotopic (exact) mass is 326 g/mol. The van der Waals surface area contributed by atoms with E-state index in [9.17, 15) is 9.59 Å². The van der Waals surface area contributed by atoms with Gasteiger partial charge in [0.15, 0.2) is 0 Å². The molecular weight excluding hydrogens is 308 g/mol. The minimum atomic E-state index is -0.543. The first-order chi connectivity index (χ1) is 11.6. The van der Waals surface area contributed by atoms with Crippen LogP contribution < -0.4 is 5.32 Å². The lowest BCUT2D eigenvalue weighted by atomic mass is 9.95. The Kier molecular flexibility index (Phi) is 4.37. The summed E-state index contributed by atoms with van der Waals surface area (Å²) in [6, 6.07) is 12.0. The highest BCUT2D eigenvalue weighted by Gasteiger charge is 2.36. The van der Waals surface area contributed by atoms with Gasteiger partial charge in [-0.2, -0.15) is 0 Å². The number of amides is 2. The lowest BCUT2D eigenvalue weighted by Gasteiger charge is -2.34. The molecule has 6 heteroatoms. The van der Waals surface area contributed by atoms with Crippen molar-refractivity contribution >= 4 is 12.0 Å². The number of benzene rings is 1. The molecule has 0 saturated carbocycles. The van der Waals surface area contributed by atoms with Crippen molar-refractivity contribution in [3.63, 3.8) is 0 Å². The number of methoxy groups -OCH3 is 1. The van der Waals surface area contributed by atoms with Gasteiger partial charge < -0.3 is 14.5 Å². The molecule has 24 heavy (non-hydrogen) atoms. The third-order valence-electron chi connectivity index (χ3n) is 4.03. The Balaban J connectivity index is 2.02. The van der Waals surface area contributed by atoms with Crippen molar-refractivity contribution < 1.29 is 18.7 Å². The summed E-state index contributed by atoms with van der Waals surface area (Å²) in [7, 11) is 1.33. The van der Waals surface area contributed by atoms with Crippen LogP contribution in [0.25, 0.3) is 0 Å². The molecule has 0 bridgehead atoms. The summed E-state index contributed by atoms with van der Waals surface area (Å²) >= 11 is 0. The van der Waals surface area contributed by atoms with Gasteiger partial charge in [-0.3, -0.25) is 4.90 Å². The molecule has 1 aromatic heterocycles. The topological polar surface area (TPSA) is 71.8 Å². The zero-order valence-electron chi connectivity index (χ0n) is 13.5. The number of ether oxygens (including phenoxy) is 1. The van der Waals surface area contributed by atoms with E-state index in [1.165, 1.54) is 12.0 Å². The first kappa shape index (κ1) is 15.9. The maximum Gasteiger partial charge on any atom is 0.337 e. The third kappa shape index (κ3) is 2.90. The van der Waals surface area contributed by atoms with Crippen LogP contribution in [0, 0.1) is 0 Å². The van der Waals surface area contributed by atoms with Gasteiger partial charge in [0.05, 0.1) is 31.5 Å². The standard InChI is InChI=1S/C18H18N2O4/c1-12-15(17(21)23-2)16(13-7-4-3-5-8-13)19-18(22)20(12)11-14-9-6-10-24-14/h3-10,16H,11H2,1-2H3,(H,19,22)/t16-/m0/s1. The molecule has 0 unspecified atom stereocenters. The Morgan fingerprint density at radius 3 is 2.62 bits per heavy atom. The smallest absolute Gasteiger partial charge is 0.337 e. The van der Waals surface area contributed by atoms with Crippen LogP contribution >= 0.6 is 0 Å². The summed E-state index contributed by atoms with van der Waals surface area (Å²) in [4.78, 5) is 26.4. The maximum absolute atomic E-state index is 12.6. The zero-order chi connectivity index (χ0) is 17.1. The number of allylic oxidation sites excluding steroid dienone is 1. The molecule has 1 atom stereocenters. The second-order valence-electron chi connectivity index (χ2n) is 5.45. The molecule has 0 aliphatic carbocycles. The first-order valence-corrected chi connectivity index (χ1v) is 7.56. The van der Waals surface area contributed by atoms with Gasteiger partial charge in [0.25, 0.3) is 0 Å². The fraction of sp³-hybridized carbons (Fsp3) is 0.222. The van der Waals surface area contributed by atoms with Crippen LogP contribution in [0.15, 0.2) is 64.4 Å². The fourth-order valence-electron chi connectivity index (χ4n) is 2.80. The number of esters is 1. The number of hydrogen-bond donors (Lipinski definition) is 1. The van der Waals surface area contributed by atoms with Gasteiger partial charge in [0, 0.05) is 5.70 Å². The SMILES string of the molecule is COC(=O)C1=C(C)N(Cc2ccco2)C(=O)N[C@H]1c1ccccc1. The van der Waals surface area contributed by atoms with Gasteiger partial charge in [-0.15, -0.1) is 0 Å². The van der Waals surface area contributed by atoms with Crippen molar-refractivity contribution in [3.05, 3.63) is 71.3 Å². The lowest BCUT2D eigenvalue weighted by Crippen LogP contribution is -2.47. The number of hydrogen-bond acceptors (Lipinski definition) is 4. The molecule has 0 radical (unpaired) electrons. The highest BCUT2D eigenvalue weighted by molar-refractivity contribution is 5.94. The van der Waals surface area contributed by atoms with E-state index >= 15 is 0 Å². The summed E-state index contributed by atoms with van der Waals surface area (Å²) in [5, 5.41) is 2.88. The fourth-order valence-corrected chi connectivity index (χ4v) is 2.80.